The molecular weight excluding hydrogens is 286 g/mol. The van der Waals surface area contributed by atoms with Crippen LogP contribution in [0.5, 0.6) is 0 Å². The van der Waals surface area contributed by atoms with Gasteiger partial charge in [0.1, 0.15) is 0 Å². The van der Waals surface area contributed by atoms with Gasteiger partial charge in [-0.25, -0.2) is 0 Å². The minimum atomic E-state index is 0.101. The summed E-state index contributed by atoms with van der Waals surface area (Å²) in [6, 6.07) is 7.69. The summed E-state index contributed by atoms with van der Waals surface area (Å²) in [4.78, 5) is 16.6. The first kappa shape index (κ1) is 16.3. The lowest BCUT2D eigenvalue weighted by atomic mass is 10.1. The molecule has 1 aromatic carbocycles. The maximum Gasteiger partial charge on any atom is 0.220 e. The molecule has 0 aliphatic carbocycles. The van der Waals surface area contributed by atoms with Gasteiger partial charge >= 0.3 is 0 Å². The molecule has 1 amide bonds. The molecule has 21 heavy (non-hydrogen) atoms. The molecule has 0 spiro atoms. The molecule has 0 radical (unpaired) electrons. The fourth-order valence-electron chi connectivity index (χ4n) is 2.46. The van der Waals surface area contributed by atoms with Gasteiger partial charge in [0, 0.05) is 50.7 Å². The van der Waals surface area contributed by atoms with E-state index in [0.717, 1.165) is 49.9 Å². The summed E-state index contributed by atoms with van der Waals surface area (Å²) < 4.78 is 0. The maximum atomic E-state index is 11.8. The SMILES string of the molecule is CN1CCN(CCNC(=O)CCc2ccccc2Cl)CC1. The molecule has 0 aromatic heterocycles. The van der Waals surface area contributed by atoms with Crippen molar-refractivity contribution in [1.82, 2.24) is 15.1 Å². The summed E-state index contributed by atoms with van der Waals surface area (Å²) in [5, 5.41) is 3.73. The van der Waals surface area contributed by atoms with E-state index < -0.39 is 0 Å². The van der Waals surface area contributed by atoms with Gasteiger partial charge in [0.25, 0.3) is 0 Å². The maximum absolute atomic E-state index is 11.8. The molecule has 116 valence electrons. The molecule has 0 bridgehead atoms. The molecule has 2 rings (SSSR count). The number of benzene rings is 1. The highest BCUT2D eigenvalue weighted by molar-refractivity contribution is 6.31. The second-order valence-electron chi connectivity index (χ2n) is 5.59. The first-order chi connectivity index (χ1) is 10.1. The van der Waals surface area contributed by atoms with E-state index in [1.54, 1.807) is 0 Å². The van der Waals surface area contributed by atoms with E-state index in [1.807, 2.05) is 24.3 Å². The number of amides is 1. The van der Waals surface area contributed by atoms with Crippen molar-refractivity contribution in [3.8, 4) is 0 Å². The third kappa shape index (κ3) is 5.65. The normalized spacial score (nSPS) is 16.9. The number of piperazine rings is 1. The van der Waals surface area contributed by atoms with Gasteiger partial charge in [-0.2, -0.15) is 0 Å². The molecule has 5 heteroatoms. The molecule has 0 unspecified atom stereocenters. The summed E-state index contributed by atoms with van der Waals surface area (Å²) in [6.45, 7) is 6.07. The standard InChI is InChI=1S/C16H24ClN3O/c1-19-10-12-20(13-11-19)9-8-18-16(21)7-6-14-4-2-3-5-15(14)17/h2-5H,6-13H2,1H3,(H,18,21). The molecule has 1 saturated heterocycles. The predicted molar refractivity (Wildman–Crippen MR) is 86.7 cm³/mol. The molecule has 1 N–H and O–H groups in total. The number of nitrogens with zero attached hydrogens (tertiary/aromatic N) is 2. The highest BCUT2D eigenvalue weighted by atomic mass is 35.5. The molecule has 0 saturated carbocycles. The number of hydrogen-bond acceptors (Lipinski definition) is 3. The number of aryl methyl sites for hydroxylation is 1. The topological polar surface area (TPSA) is 35.6 Å². The lowest BCUT2D eigenvalue weighted by molar-refractivity contribution is -0.121. The Bertz CT molecular complexity index is 459. The third-order valence-corrected chi connectivity index (χ3v) is 4.29. The van der Waals surface area contributed by atoms with Crippen molar-refractivity contribution in [3.63, 3.8) is 0 Å². The highest BCUT2D eigenvalue weighted by Crippen LogP contribution is 2.16. The van der Waals surface area contributed by atoms with Gasteiger partial charge in [-0.15, -0.1) is 0 Å². The van der Waals surface area contributed by atoms with Crippen molar-refractivity contribution in [3.05, 3.63) is 34.9 Å². The number of likely N-dealkylation sites (N-methyl/N-ethyl adjacent to an activating group) is 1. The van der Waals surface area contributed by atoms with Crippen LogP contribution in [0.2, 0.25) is 5.02 Å². The van der Waals surface area contributed by atoms with E-state index in [1.165, 1.54) is 0 Å². The van der Waals surface area contributed by atoms with Crippen LogP contribution in [0.1, 0.15) is 12.0 Å². The first-order valence-corrected chi connectivity index (χ1v) is 7.94. The van der Waals surface area contributed by atoms with Gasteiger partial charge in [-0.1, -0.05) is 29.8 Å². The van der Waals surface area contributed by atoms with Crippen LogP contribution in [0.25, 0.3) is 0 Å². The van der Waals surface area contributed by atoms with Crippen LogP contribution in [-0.2, 0) is 11.2 Å². The number of carbonyl (C=O) groups is 1. The molecule has 4 nitrogen and oxygen atoms in total. The van der Waals surface area contributed by atoms with Crippen LogP contribution < -0.4 is 5.32 Å². The largest absolute Gasteiger partial charge is 0.355 e. The molecule has 1 aromatic rings. The van der Waals surface area contributed by atoms with Crippen molar-refractivity contribution >= 4 is 17.5 Å². The van der Waals surface area contributed by atoms with Gasteiger partial charge in [-0.05, 0) is 25.1 Å². The number of halogens is 1. The Morgan fingerprint density at radius 3 is 2.67 bits per heavy atom. The molecule has 1 heterocycles. The van der Waals surface area contributed by atoms with Gasteiger partial charge in [0.15, 0.2) is 0 Å². The summed E-state index contributed by atoms with van der Waals surface area (Å²) >= 11 is 6.08. The van der Waals surface area contributed by atoms with Gasteiger partial charge in [0.05, 0.1) is 0 Å². The van der Waals surface area contributed by atoms with Crippen LogP contribution >= 0.6 is 11.6 Å². The Hall–Kier alpha value is -1.10. The van der Waals surface area contributed by atoms with E-state index >= 15 is 0 Å². The van der Waals surface area contributed by atoms with Crippen molar-refractivity contribution in [2.75, 3.05) is 46.3 Å². The quantitative estimate of drug-likeness (QED) is 0.868. The Morgan fingerprint density at radius 1 is 1.24 bits per heavy atom. The number of rotatable bonds is 6. The molecule has 1 fully saturated rings. The van der Waals surface area contributed by atoms with E-state index in [2.05, 4.69) is 22.2 Å². The van der Waals surface area contributed by atoms with Crippen LogP contribution in [-0.4, -0.2) is 62.0 Å². The Morgan fingerprint density at radius 2 is 1.95 bits per heavy atom. The predicted octanol–water partition coefficient (Wildman–Crippen LogP) is 1.64. The minimum absolute atomic E-state index is 0.101. The van der Waals surface area contributed by atoms with Crippen LogP contribution in [0, 0.1) is 0 Å². The minimum Gasteiger partial charge on any atom is -0.355 e. The van der Waals surface area contributed by atoms with Crippen LogP contribution in [0.4, 0.5) is 0 Å². The van der Waals surface area contributed by atoms with Crippen molar-refractivity contribution < 1.29 is 4.79 Å². The third-order valence-electron chi connectivity index (χ3n) is 3.93. The Balaban J connectivity index is 1.61. The number of nitrogens with one attached hydrogen (secondary N) is 1. The van der Waals surface area contributed by atoms with Crippen molar-refractivity contribution in [1.29, 1.82) is 0 Å². The van der Waals surface area contributed by atoms with Crippen LogP contribution in [0.15, 0.2) is 24.3 Å². The van der Waals surface area contributed by atoms with Crippen LogP contribution in [0.3, 0.4) is 0 Å². The first-order valence-electron chi connectivity index (χ1n) is 7.56. The van der Waals surface area contributed by atoms with E-state index in [-0.39, 0.29) is 5.91 Å². The lowest BCUT2D eigenvalue weighted by Crippen LogP contribution is -2.46. The monoisotopic (exact) mass is 309 g/mol. The van der Waals surface area contributed by atoms with Gasteiger partial charge < -0.3 is 10.2 Å². The average molecular weight is 310 g/mol. The van der Waals surface area contributed by atoms with Gasteiger partial charge in [0.2, 0.25) is 5.91 Å². The summed E-state index contributed by atoms with van der Waals surface area (Å²) in [6.07, 6.45) is 1.19. The fraction of sp³-hybridized carbons (Fsp3) is 0.562. The lowest BCUT2D eigenvalue weighted by Gasteiger charge is -2.32. The second kappa shape index (κ2) is 8.37. The zero-order valence-corrected chi connectivity index (χ0v) is 13.4. The molecular formula is C16H24ClN3O. The van der Waals surface area contributed by atoms with E-state index in [9.17, 15) is 4.79 Å². The average Bonchev–Trinajstić information content (AvgIpc) is 2.48. The number of hydrogen-bond donors (Lipinski definition) is 1. The highest BCUT2D eigenvalue weighted by Gasteiger charge is 2.13. The zero-order valence-electron chi connectivity index (χ0n) is 12.6. The zero-order chi connectivity index (χ0) is 15.1. The van der Waals surface area contributed by atoms with Gasteiger partial charge in [-0.3, -0.25) is 9.69 Å². The smallest absolute Gasteiger partial charge is 0.220 e. The molecule has 0 atom stereocenters. The molecule has 1 aliphatic rings. The fourth-order valence-corrected chi connectivity index (χ4v) is 2.69. The Labute approximate surface area is 132 Å². The summed E-state index contributed by atoms with van der Waals surface area (Å²) in [5.74, 6) is 0.101. The summed E-state index contributed by atoms with van der Waals surface area (Å²) in [7, 11) is 2.15. The Kier molecular flexibility index (Phi) is 6.49. The second-order valence-corrected chi connectivity index (χ2v) is 5.99. The number of carbonyl (C=O) groups excluding carboxylic acids is 1. The summed E-state index contributed by atoms with van der Waals surface area (Å²) in [5.41, 5.74) is 1.04. The molecule has 1 aliphatic heterocycles. The van der Waals surface area contributed by atoms with E-state index in [4.69, 9.17) is 11.6 Å². The van der Waals surface area contributed by atoms with Crippen molar-refractivity contribution in [2.24, 2.45) is 0 Å². The van der Waals surface area contributed by atoms with Crippen molar-refractivity contribution in [2.45, 2.75) is 12.8 Å². The van der Waals surface area contributed by atoms with E-state index in [0.29, 0.717) is 12.8 Å².